The van der Waals surface area contributed by atoms with Crippen molar-refractivity contribution in [2.75, 3.05) is 0 Å². The van der Waals surface area contributed by atoms with Crippen LogP contribution >= 0.6 is 0 Å². The van der Waals surface area contributed by atoms with Gasteiger partial charge in [-0.25, -0.2) is 4.98 Å². The van der Waals surface area contributed by atoms with E-state index in [9.17, 15) is 9.90 Å². The molecule has 0 amide bonds. The van der Waals surface area contributed by atoms with Gasteiger partial charge >= 0.3 is 0 Å². The first-order valence-corrected chi connectivity index (χ1v) is 6.85. The molecule has 0 bridgehead atoms. The quantitative estimate of drug-likeness (QED) is 0.800. The molecule has 0 atom stereocenters. The van der Waals surface area contributed by atoms with E-state index in [0.717, 1.165) is 12.0 Å². The van der Waals surface area contributed by atoms with Gasteiger partial charge in [-0.2, -0.15) is 0 Å². The van der Waals surface area contributed by atoms with Crippen LogP contribution in [0.4, 0.5) is 0 Å². The number of aryl methyl sites for hydroxylation is 1. The Morgan fingerprint density at radius 2 is 2.14 bits per heavy atom. The Kier molecular flexibility index (Phi) is 3.39. The summed E-state index contributed by atoms with van der Waals surface area (Å²) in [4.78, 5) is 20.6. The average Bonchev–Trinajstić information content (AvgIpc) is 2.52. The van der Waals surface area contributed by atoms with Gasteiger partial charge in [-0.05, 0) is 18.6 Å². The minimum absolute atomic E-state index is 0.00866. The minimum Gasteiger partial charge on any atom is -0.504 e. The summed E-state index contributed by atoms with van der Waals surface area (Å²) in [6.45, 7) is 2.01. The zero-order valence-corrected chi connectivity index (χ0v) is 11.7. The lowest BCUT2D eigenvalue weighted by Gasteiger charge is -2.09. The van der Waals surface area contributed by atoms with Crippen molar-refractivity contribution in [1.29, 1.82) is 0 Å². The second-order valence-electron chi connectivity index (χ2n) is 4.85. The fraction of sp³-hybridized carbons (Fsp3) is 0.188. The number of rotatable bonds is 3. The minimum atomic E-state index is -0.130. The van der Waals surface area contributed by atoms with E-state index in [0.29, 0.717) is 17.5 Å². The molecule has 3 rings (SSSR count). The van der Waals surface area contributed by atoms with Crippen molar-refractivity contribution in [3.05, 3.63) is 58.9 Å². The van der Waals surface area contributed by atoms with Gasteiger partial charge in [0.15, 0.2) is 11.4 Å². The smallest absolute Gasteiger partial charge is 0.261 e. The highest BCUT2D eigenvalue weighted by Crippen LogP contribution is 2.30. The number of pyridine rings is 2. The predicted molar refractivity (Wildman–Crippen MR) is 80.4 cm³/mol. The van der Waals surface area contributed by atoms with Gasteiger partial charge in [0, 0.05) is 41.5 Å². The zero-order valence-electron chi connectivity index (χ0n) is 11.7. The van der Waals surface area contributed by atoms with Crippen molar-refractivity contribution in [3.63, 3.8) is 0 Å². The second kappa shape index (κ2) is 5.36. The Labute approximate surface area is 121 Å². The third-order valence-electron chi connectivity index (χ3n) is 3.41. The van der Waals surface area contributed by atoms with Gasteiger partial charge in [-0.3, -0.25) is 14.2 Å². The molecule has 5 heteroatoms. The molecule has 0 unspecified atom stereocenters. The summed E-state index contributed by atoms with van der Waals surface area (Å²) in [5.41, 5.74) is 2.18. The van der Waals surface area contributed by atoms with Crippen molar-refractivity contribution < 1.29 is 5.11 Å². The molecule has 0 radical (unpaired) electrons. The fourth-order valence-electron chi connectivity index (χ4n) is 2.37. The maximum atomic E-state index is 12.3. The molecule has 5 nitrogen and oxygen atoms in total. The van der Waals surface area contributed by atoms with E-state index in [2.05, 4.69) is 9.97 Å². The van der Waals surface area contributed by atoms with Crippen LogP contribution in [0.15, 0.2) is 47.8 Å². The summed E-state index contributed by atoms with van der Waals surface area (Å²) >= 11 is 0. The van der Waals surface area contributed by atoms with Crippen LogP contribution in [0, 0.1) is 0 Å². The van der Waals surface area contributed by atoms with Crippen LogP contribution in [0.1, 0.15) is 18.9 Å². The second-order valence-corrected chi connectivity index (χ2v) is 4.85. The number of hydrogen-bond donors (Lipinski definition) is 1. The Morgan fingerprint density at radius 1 is 1.29 bits per heavy atom. The lowest BCUT2D eigenvalue weighted by Crippen LogP contribution is -2.19. The molecular formula is C16H15N3O2. The van der Waals surface area contributed by atoms with Crippen LogP contribution < -0.4 is 5.56 Å². The van der Waals surface area contributed by atoms with E-state index >= 15 is 0 Å². The van der Waals surface area contributed by atoms with Gasteiger partial charge in [0.25, 0.3) is 5.56 Å². The van der Waals surface area contributed by atoms with Crippen LogP contribution in [-0.4, -0.2) is 19.5 Å². The summed E-state index contributed by atoms with van der Waals surface area (Å²) in [6.07, 6.45) is 8.08. The zero-order chi connectivity index (χ0) is 14.8. The van der Waals surface area contributed by atoms with Crippen LogP contribution in [0.2, 0.25) is 0 Å². The summed E-state index contributed by atoms with van der Waals surface area (Å²) in [5, 5.41) is 10.4. The van der Waals surface area contributed by atoms with E-state index in [1.54, 1.807) is 36.9 Å². The number of nitrogens with zero attached hydrogens (tertiary/aromatic N) is 3. The lowest BCUT2D eigenvalue weighted by atomic mass is 10.1. The Hall–Kier alpha value is -2.69. The van der Waals surface area contributed by atoms with Crippen molar-refractivity contribution in [2.24, 2.45) is 0 Å². The Balaban J connectivity index is 2.23. The summed E-state index contributed by atoms with van der Waals surface area (Å²) in [6, 6.07) is 5.35. The van der Waals surface area contributed by atoms with E-state index in [4.69, 9.17) is 0 Å². The van der Waals surface area contributed by atoms with Crippen LogP contribution in [0.3, 0.4) is 0 Å². The topological polar surface area (TPSA) is 67.5 Å². The molecule has 0 spiro atoms. The normalized spacial score (nSPS) is 10.9. The molecule has 0 saturated heterocycles. The van der Waals surface area contributed by atoms with Gasteiger partial charge in [-0.1, -0.05) is 19.4 Å². The molecule has 0 fully saturated rings. The summed E-state index contributed by atoms with van der Waals surface area (Å²) in [5.74, 6) is -0.00866. The molecule has 0 aliphatic heterocycles. The van der Waals surface area contributed by atoms with Gasteiger partial charge in [0.2, 0.25) is 0 Å². The van der Waals surface area contributed by atoms with Crippen LogP contribution in [0.5, 0.6) is 5.75 Å². The van der Waals surface area contributed by atoms with Crippen molar-refractivity contribution in [2.45, 2.75) is 19.8 Å². The molecular weight excluding hydrogens is 266 g/mol. The van der Waals surface area contributed by atoms with Crippen molar-refractivity contribution in [1.82, 2.24) is 14.4 Å². The molecule has 0 aromatic carbocycles. The highest BCUT2D eigenvalue weighted by molar-refractivity contribution is 5.76. The SMILES string of the molecule is CCCc1cnc2c(O)c(-c3cccnc3)ccn2c1=O. The molecule has 3 aromatic rings. The molecule has 3 aromatic heterocycles. The number of hydrogen-bond acceptors (Lipinski definition) is 4. The Morgan fingerprint density at radius 3 is 2.86 bits per heavy atom. The standard InChI is InChI=1S/C16H15N3O2/c1-2-4-12-10-18-15-14(20)13(6-8-19(15)16(12)21)11-5-3-7-17-9-11/h3,5-10,20H,2,4H2,1H3. The van der Waals surface area contributed by atoms with Crippen LogP contribution in [-0.2, 0) is 6.42 Å². The highest BCUT2D eigenvalue weighted by Gasteiger charge is 2.12. The average molecular weight is 281 g/mol. The lowest BCUT2D eigenvalue weighted by molar-refractivity contribution is 0.478. The molecule has 1 N–H and O–H groups in total. The third-order valence-corrected chi connectivity index (χ3v) is 3.41. The molecule has 106 valence electrons. The molecule has 0 aliphatic carbocycles. The predicted octanol–water partition coefficient (Wildman–Crippen LogP) is 2.41. The third kappa shape index (κ3) is 2.27. The van der Waals surface area contributed by atoms with E-state index in [1.165, 1.54) is 4.40 Å². The number of fused-ring (bicyclic) bond motifs is 1. The summed E-state index contributed by atoms with van der Waals surface area (Å²) in [7, 11) is 0. The highest BCUT2D eigenvalue weighted by atomic mass is 16.3. The molecule has 21 heavy (non-hydrogen) atoms. The fourth-order valence-corrected chi connectivity index (χ4v) is 2.37. The maximum absolute atomic E-state index is 12.3. The maximum Gasteiger partial charge on any atom is 0.261 e. The van der Waals surface area contributed by atoms with Gasteiger partial charge in [0.05, 0.1) is 0 Å². The monoisotopic (exact) mass is 281 g/mol. The molecule has 0 aliphatic rings. The largest absolute Gasteiger partial charge is 0.504 e. The van der Waals surface area contributed by atoms with Gasteiger partial charge in [-0.15, -0.1) is 0 Å². The first-order chi connectivity index (χ1) is 10.2. The first-order valence-electron chi connectivity index (χ1n) is 6.85. The van der Waals surface area contributed by atoms with E-state index in [1.807, 2.05) is 13.0 Å². The first kappa shape index (κ1) is 13.3. The van der Waals surface area contributed by atoms with E-state index < -0.39 is 0 Å². The van der Waals surface area contributed by atoms with Crippen LogP contribution in [0.25, 0.3) is 16.8 Å². The van der Waals surface area contributed by atoms with Gasteiger partial charge in [0.1, 0.15) is 0 Å². The number of aromatic hydroxyl groups is 1. The molecule has 3 heterocycles. The number of aromatic nitrogens is 3. The van der Waals surface area contributed by atoms with Crippen molar-refractivity contribution >= 4 is 5.65 Å². The Bertz CT molecular complexity index is 841. The molecule has 0 saturated carbocycles. The van der Waals surface area contributed by atoms with E-state index in [-0.39, 0.29) is 17.0 Å². The van der Waals surface area contributed by atoms with Crippen molar-refractivity contribution in [3.8, 4) is 16.9 Å². The van der Waals surface area contributed by atoms with Gasteiger partial charge < -0.3 is 5.11 Å². The summed E-state index contributed by atoms with van der Waals surface area (Å²) < 4.78 is 1.39.